The lowest BCUT2D eigenvalue weighted by molar-refractivity contribution is -0.342. The summed E-state index contributed by atoms with van der Waals surface area (Å²) in [6.07, 6.45) is -5.81. The standard InChI is InChI=1S/C9H17NO7/c1-4(12)10-9(15)7(14)6(13)5(3-11)17-8(9)16-2/h5-8,11,13-15H,3H2,1-2H3,(H,10,12)/t5-,6-,7+,8+,9-/m1/s1. The minimum Gasteiger partial charge on any atom is -0.394 e. The molecule has 1 fully saturated rings. The summed E-state index contributed by atoms with van der Waals surface area (Å²) in [5.41, 5.74) is -2.27. The third kappa shape index (κ3) is 2.57. The van der Waals surface area contributed by atoms with Crippen LogP contribution in [0.5, 0.6) is 0 Å². The van der Waals surface area contributed by atoms with Crippen LogP contribution in [0.2, 0.25) is 0 Å². The molecule has 0 bridgehead atoms. The van der Waals surface area contributed by atoms with Gasteiger partial charge >= 0.3 is 0 Å². The molecule has 0 aromatic carbocycles. The predicted molar refractivity (Wildman–Crippen MR) is 53.5 cm³/mol. The maximum atomic E-state index is 11.0. The van der Waals surface area contributed by atoms with Crippen LogP contribution in [0.3, 0.4) is 0 Å². The van der Waals surface area contributed by atoms with E-state index in [1.165, 1.54) is 7.11 Å². The Balaban J connectivity index is 2.97. The van der Waals surface area contributed by atoms with Crippen LogP contribution >= 0.6 is 0 Å². The Morgan fingerprint density at radius 3 is 2.53 bits per heavy atom. The molecule has 1 saturated heterocycles. The van der Waals surface area contributed by atoms with Crippen molar-refractivity contribution in [2.24, 2.45) is 0 Å². The first kappa shape index (κ1) is 14.3. The third-order valence-electron chi connectivity index (χ3n) is 2.58. The van der Waals surface area contributed by atoms with Crippen molar-refractivity contribution in [1.82, 2.24) is 5.32 Å². The molecule has 0 aromatic heterocycles. The van der Waals surface area contributed by atoms with E-state index < -0.39 is 42.8 Å². The average molecular weight is 251 g/mol. The van der Waals surface area contributed by atoms with E-state index in [9.17, 15) is 20.1 Å². The maximum absolute atomic E-state index is 11.0. The van der Waals surface area contributed by atoms with Crippen LogP contribution in [0.25, 0.3) is 0 Å². The molecule has 5 atom stereocenters. The van der Waals surface area contributed by atoms with Crippen molar-refractivity contribution < 1.29 is 34.7 Å². The fourth-order valence-electron chi connectivity index (χ4n) is 1.75. The fourth-order valence-corrected chi connectivity index (χ4v) is 1.75. The van der Waals surface area contributed by atoms with Gasteiger partial charge in [0.1, 0.15) is 18.3 Å². The third-order valence-corrected chi connectivity index (χ3v) is 2.58. The molecule has 1 aliphatic rings. The van der Waals surface area contributed by atoms with Gasteiger partial charge in [0, 0.05) is 14.0 Å². The SMILES string of the molecule is CO[C@H]1O[C@H](CO)[C@@H](O)[C@H](O)[C@]1(O)NC(C)=O. The number of aliphatic hydroxyl groups excluding tert-OH is 3. The summed E-state index contributed by atoms with van der Waals surface area (Å²) in [7, 11) is 1.19. The van der Waals surface area contributed by atoms with Gasteiger partial charge in [-0.05, 0) is 0 Å². The molecule has 1 heterocycles. The molecule has 0 aliphatic carbocycles. The summed E-state index contributed by atoms with van der Waals surface area (Å²) >= 11 is 0. The van der Waals surface area contributed by atoms with Gasteiger partial charge in [-0.2, -0.15) is 0 Å². The lowest BCUT2D eigenvalue weighted by Crippen LogP contribution is -2.73. The fraction of sp³-hybridized carbons (Fsp3) is 0.889. The van der Waals surface area contributed by atoms with Gasteiger partial charge in [0.05, 0.1) is 6.61 Å². The van der Waals surface area contributed by atoms with Crippen LogP contribution in [0.4, 0.5) is 0 Å². The first-order valence-corrected chi connectivity index (χ1v) is 5.03. The van der Waals surface area contributed by atoms with E-state index in [1.54, 1.807) is 0 Å². The second-order valence-corrected chi connectivity index (χ2v) is 3.87. The van der Waals surface area contributed by atoms with Gasteiger partial charge in [0.2, 0.25) is 17.9 Å². The van der Waals surface area contributed by atoms with Crippen LogP contribution in [0.1, 0.15) is 6.92 Å². The minimum atomic E-state index is -2.27. The highest BCUT2D eigenvalue weighted by atomic mass is 16.7. The molecular weight excluding hydrogens is 234 g/mol. The van der Waals surface area contributed by atoms with Crippen LogP contribution in [-0.4, -0.2) is 70.4 Å². The second kappa shape index (κ2) is 5.25. The van der Waals surface area contributed by atoms with Gasteiger partial charge in [0.15, 0.2) is 0 Å². The van der Waals surface area contributed by atoms with E-state index in [-0.39, 0.29) is 0 Å². The number of amides is 1. The van der Waals surface area contributed by atoms with Crippen molar-refractivity contribution in [1.29, 1.82) is 0 Å². The quantitative estimate of drug-likeness (QED) is 0.336. The number of nitrogens with one attached hydrogen (secondary N) is 1. The summed E-state index contributed by atoms with van der Waals surface area (Å²) < 4.78 is 9.83. The van der Waals surface area contributed by atoms with Crippen LogP contribution < -0.4 is 5.32 Å². The summed E-state index contributed by atoms with van der Waals surface area (Å²) in [6.45, 7) is 0.566. The van der Waals surface area contributed by atoms with Gasteiger partial charge in [-0.1, -0.05) is 0 Å². The van der Waals surface area contributed by atoms with Crippen LogP contribution in [0, 0.1) is 0 Å². The molecule has 8 nitrogen and oxygen atoms in total. The van der Waals surface area contributed by atoms with E-state index in [0.29, 0.717) is 0 Å². The van der Waals surface area contributed by atoms with Gasteiger partial charge in [-0.25, -0.2) is 0 Å². The number of rotatable bonds is 3. The number of carbonyl (C=O) groups excluding carboxylic acids is 1. The monoisotopic (exact) mass is 251 g/mol. The van der Waals surface area contributed by atoms with E-state index in [0.717, 1.165) is 6.92 Å². The zero-order chi connectivity index (χ0) is 13.2. The molecule has 0 unspecified atom stereocenters. The molecule has 0 radical (unpaired) electrons. The smallest absolute Gasteiger partial charge is 0.219 e. The lowest BCUT2D eigenvalue weighted by Gasteiger charge is -2.47. The summed E-state index contributed by atoms with van der Waals surface area (Å²) in [5.74, 6) is -0.633. The molecular formula is C9H17NO7. The maximum Gasteiger partial charge on any atom is 0.219 e. The van der Waals surface area contributed by atoms with Crippen molar-refractivity contribution in [2.75, 3.05) is 13.7 Å². The second-order valence-electron chi connectivity index (χ2n) is 3.87. The van der Waals surface area contributed by atoms with Crippen molar-refractivity contribution in [3.05, 3.63) is 0 Å². The highest BCUT2D eigenvalue weighted by Crippen LogP contribution is 2.28. The van der Waals surface area contributed by atoms with Crippen LogP contribution in [-0.2, 0) is 14.3 Å². The predicted octanol–water partition coefficient (Wildman–Crippen LogP) is -3.10. The van der Waals surface area contributed by atoms with Crippen molar-refractivity contribution >= 4 is 5.91 Å². The molecule has 0 spiro atoms. The Labute approximate surface area is 97.8 Å². The molecule has 0 aromatic rings. The number of hydrogen-bond acceptors (Lipinski definition) is 7. The van der Waals surface area contributed by atoms with Crippen molar-refractivity contribution in [3.63, 3.8) is 0 Å². The first-order chi connectivity index (χ1) is 7.86. The topological polar surface area (TPSA) is 128 Å². The van der Waals surface area contributed by atoms with Gasteiger partial charge in [-0.3, -0.25) is 4.79 Å². The van der Waals surface area contributed by atoms with Crippen molar-refractivity contribution in [3.8, 4) is 0 Å². The molecule has 1 rings (SSSR count). The molecule has 1 aliphatic heterocycles. The highest BCUT2D eigenvalue weighted by molar-refractivity contribution is 5.73. The Kier molecular flexibility index (Phi) is 4.42. The highest BCUT2D eigenvalue weighted by Gasteiger charge is 2.55. The number of aliphatic hydroxyl groups is 4. The van der Waals surface area contributed by atoms with E-state index >= 15 is 0 Å². The summed E-state index contributed by atoms with van der Waals surface area (Å²) in [4.78, 5) is 11.0. The first-order valence-electron chi connectivity index (χ1n) is 5.03. The zero-order valence-electron chi connectivity index (χ0n) is 9.53. The van der Waals surface area contributed by atoms with E-state index in [4.69, 9.17) is 14.6 Å². The number of carbonyl (C=O) groups is 1. The molecule has 0 saturated carbocycles. The minimum absolute atomic E-state index is 0.561. The van der Waals surface area contributed by atoms with Crippen LogP contribution in [0.15, 0.2) is 0 Å². The Morgan fingerprint density at radius 2 is 2.12 bits per heavy atom. The van der Waals surface area contributed by atoms with Gasteiger partial charge < -0.3 is 35.2 Å². The summed E-state index contributed by atoms with van der Waals surface area (Å²) in [6, 6.07) is 0. The van der Waals surface area contributed by atoms with E-state index in [1.807, 2.05) is 0 Å². The van der Waals surface area contributed by atoms with Gasteiger partial charge in [-0.15, -0.1) is 0 Å². The lowest BCUT2D eigenvalue weighted by atomic mass is 9.93. The molecule has 17 heavy (non-hydrogen) atoms. The van der Waals surface area contributed by atoms with Gasteiger partial charge in [0.25, 0.3) is 0 Å². The summed E-state index contributed by atoms with van der Waals surface area (Å²) in [5, 5.41) is 40.4. The number of hydrogen-bond donors (Lipinski definition) is 5. The van der Waals surface area contributed by atoms with Crippen molar-refractivity contribution in [2.45, 2.75) is 37.3 Å². The number of methoxy groups -OCH3 is 1. The normalized spacial score (nSPS) is 42.2. The Morgan fingerprint density at radius 1 is 1.53 bits per heavy atom. The zero-order valence-corrected chi connectivity index (χ0v) is 9.53. The Hall–Kier alpha value is -0.770. The molecule has 100 valence electrons. The average Bonchev–Trinajstić information content (AvgIpc) is 2.26. The largest absolute Gasteiger partial charge is 0.394 e. The van der Waals surface area contributed by atoms with E-state index in [2.05, 4.69) is 5.32 Å². The molecule has 5 N–H and O–H groups in total. The number of ether oxygens (including phenoxy) is 2. The molecule has 8 heteroatoms. The molecule has 1 amide bonds. The Bertz CT molecular complexity index is 283.